The van der Waals surface area contributed by atoms with Crippen LogP contribution in [0.15, 0.2) is 24.3 Å². The fourth-order valence-corrected chi connectivity index (χ4v) is 2.19. The minimum Gasteiger partial charge on any atom is -0.484 e. The molecule has 1 aromatic rings. The van der Waals surface area contributed by atoms with Crippen LogP contribution >= 0.6 is 12.4 Å². The maximum atomic E-state index is 12.1. The summed E-state index contributed by atoms with van der Waals surface area (Å²) < 4.78 is 5.53. The molecule has 0 spiro atoms. The Labute approximate surface area is 155 Å². The first-order chi connectivity index (χ1) is 11.3. The summed E-state index contributed by atoms with van der Waals surface area (Å²) in [7, 11) is 0. The van der Waals surface area contributed by atoms with Crippen LogP contribution in [0.5, 0.6) is 5.75 Å². The van der Waals surface area contributed by atoms with E-state index < -0.39 is 5.54 Å². The van der Waals surface area contributed by atoms with E-state index in [9.17, 15) is 9.59 Å². The van der Waals surface area contributed by atoms with Gasteiger partial charge in [0.25, 0.3) is 5.91 Å². The van der Waals surface area contributed by atoms with Gasteiger partial charge in [0.05, 0.1) is 5.54 Å². The molecule has 25 heavy (non-hydrogen) atoms. The quantitative estimate of drug-likeness (QED) is 0.655. The average molecular weight is 370 g/mol. The van der Waals surface area contributed by atoms with Gasteiger partial charge in [-0.05, 0) is 37.8 Å². The van der Waals surface area contributed by atoms with E-state index >= 15 is 0 Å². The Morgan fingerprint density at radius 1 is 1.36 bits per heavy atom. The Hall–Kier alpha value is -1.79. The topological polar surface area (TPSA) is 93.4 Å². The monoisotopic (exact) mass is 369 g/mol. The number of hydrogen-bond acceptors (Lipinski definition) is 4. The molecule has 1 aliphatic carbocycles. The zero-order valence-electron chi connectivity index (χ0n) is 15.0. The SMILES string of the molecule is CC(C)C(C)(CN)NC(=O)COc1cccc(NC(=O)C2CC2)c1.Cl. The standard InChI is InChI=1S/C18H27N3O3.ClH/c1-12(2)18(3,11-19)21-16(22)10-24-15-6-4-5-14(9-15)20-17(23)13-7-8-13;/h4-6,9,12-13H,7-8,10-11,19H2,1-3H3,(H,20,23)(H,21,22);1H. The first-order valence-corrected chi connectivity index (χ1v) is 8.39. The van der Waals surface area contributed by atoms with Crippen molar-refractivity contribution in [3.05, 3.63) is 24.3 Å². The molecule has 0 aliphatic heterocycles. The van der Waals surface area contributed by atoms with E-state index in [-0.39, 0.29) is 42.7 Å². The lowest BCUT2D eigenvalue weighted by Gasteiger charge is -2.33. The van der Waals surface area contributed by atoms with E-state index in [1.54, 1.807) is 24.3 Å². The number of nitrogens with one attached hydrogen (secondary N) is 2. The second kappa shape index (κ2) is 9.06. The van der Waals surface area contributed by atoms with E-state index in [4.69, 9.17) is 10.5 Å². The smallest absolute Gasteiger partial charge is 0.258 e. The van der Waals surface area contributed by atoms with E-state index in [0.717, 1.165) is 12.8 Å². The van der Waals surface area contributed by atoms with Crippen molar-refractivity contribution in [2.45, 2.75) is 39.2 Å². The first-order valence-electron chi connectivity index (χ1n) is 8.39. The third kappa shape index (κ3) is 6.21. The highest BCUT2D eigenvalue weighted by molar-refractivity contribution is 5.94. The molecule has 4 N–H and O–H groups in total. The predicted octanol–water partition coefficient (Wildman–Crippen LogP) is 2.33. The third-order valence-corrected chi connectivity index (χ3v) is 4.54. The van der Waals surface area contributed by atoms with Crippen LogP contribution in [0.2, 0.25) is 0 Å². The van der Waals surface area contributed by atoms with Crippen LogP contribution < -0.4 is 21.1 Å². The number of nitrogens with two attached hydrogens (primary N) is 1. The minimum absolute atomic E-state index is 0. The summed E-state index contributed by atoms with van der Waals surface area (Å²) >= 11 is 0. The highest BCUT2D eigenvalue weighted by atomic mass is 35.5. The molecule has 2 amide bonds. The lowest BCUT2D eigenvalue weighted by molar-refractivity contribution is -0.125. The highest BCUT2D eigenvalue weighted by Gasteiger charge is 2.30. The van der Waals surface area contributed by atoms with Crippen LogP contribution in [0.1, 0.15) is 33.6 Å². The van der Waals surface area contributed by atoms with Crippen molar-refractivity contribution in [2.75, 3.05) is 18.5 Å². The molecule has 1 aliphatic rings. The van der Waals surface area contributed by atoms with Gasteiger partial charge in [0.2, 0.25) is 5.91 Å². The van der Waals surface area contributed by atoms with Gasteiger partial charge in [0, 0.05) is 24.2 Å². The number of rotatable bonds is 8. The number of benzene rings is 1. The maximum Gasteiger partial charge on any atom is 0.258 e. The summed E-state index contributed by atoms with van der Waals surface area (Å²) in [6, 6.07) is 7.06. The van der Waals surface area contributed by atoms with Gasteiger partial charge in [-0.15, -0.1) is 12.4 Å². The molecule has 1 fully saturated rings. The number of anilines is 1. The van der Waals surface area contributed by atoms with Gasteiger partial charge in [-0.1, -0.05) is 19.9 Å². The molecule has 0 radical (unpaired) electrons. The number of carbonyl (C=O) groups is 2. The summed E-state index contributed by atoms with van der Waals surface area (Å²) in [4.78, 5) is 23.9. The number of amides is 2. The van der Waals surface area contributed by atoms with Crippen molar-refractivity contribution in [2.24, 2.45) is 17.6 Å². The molecule has 6 nitrogen and oxygen atoms in total. The number of halogens is 1. The zero-order valence-corrected chi connectivity index (χ0v) is 15.8. The second-order valence-electron chi connectivity index (χ2n) is 6.90. The van der Waals surface area contributed by atoms with Gasteiger partial charge in [-0.2, -0.15) is 0 Å². The van der Waals surface area contributed by atoms with E-state index in [0.29, 0.717) is 18.0 Å². The average Bonchev–Trinajstić information content (AvgIpc) is 3.38. The molecule has 1 unspecified atom stereocenters. The zero-order chi connectivity index (χ0) is 17.7. The molecule has 1 atom stereocenters. The molecular formula is C18H28ClN3O3. The Morgan fingerprint density at radius 2 is 2.04 bits per heavy atom. The third-order valence-electron chi connectivity index (χ3n) is 4.54. The van der Waals surface area contributed by atoms with E-state index in [1.165, 1.54) is 0 Å². The van der Waals surface area contributed by atoms with Crippen molar-refractivity contribution >= 4 is 29.9 Å². The fourth-order valence-electron chi connectivity index (χ4n) is 2.19. The summed E-state index contributed by atoms with van der Waals surface area (Å²) in [5, 5.41) is 5.78. The molecule has 1 saturated carbocycles. The minimum atomic E-state index is -0.458. The molecule has 0 heterocycles. The second-order valence-corrected chi connectivity index (χ2v) is 6.90. The first kappa shape index (κ1) is 21.3. The lowest BCUT2D eigenvalue weighted by Crippen LogP contribution is -2.56. The van der Waals surface area contributed by atoms with Crippen molar-refractivity contribution < 1.29 is 14.3 Å². The molecule has 2 rings (SSSR count). The summed E-state index contributed by atoms with van der Waals surface area (Å²) in [5.74, 6) is 0.722. The lowest BCUT2D eigenvalue weighted by atomic mass is 9.88. The van der Waals surface area contributed by atoms with Crippen molar-refractivity contribution in [1.29, 1.82) is 0 Å². The van der Waals surface area contributed by atoms with Crippen molar-refractivity contribution in [1.82, 2.24) is 5.32 Å². The van der Waals surface area contributed by atoms with Gasteiger partial charge < -0.3 is 21.1 Å². The summed E-state index contributed by atoms with van der Waals surface area (Å²) in [6.45, 7) is 6.21. The van der Waals surface area contributed by atoms with Crippen molar-refractivity contribution in [3.63, 3.8) is 0 Å². The van der Waals surface area contributed by atoms with Crippen molar-refractivity contribution in [3.8, 4) is 5.75 Å². The molecule has 0 bridgehead atoms. The molecule has 0 aromatic heterocycles. The van der Waals surface area contributed by atoms with E-state index in [1.807, 2.05) is 20.8 Å². The summed E-state index contributed by atoms with van der Waals surface area (Å²) in [5.41, 5.74) is 5.99. The largest absolute Gasteiger partial charge is 0.484 e. The van der Waals surface area contributed by atoms with Crippen LogP contribution in [0.25, 0.3) is 0 Å². The van der Waals surface area contributed by atoms with Crippen LogP contribution in [0, 0.1) is 11.8 Å². The van der Waals surface area contributed by atoms with Crippen LogP contribution in [-0.4, -0.2) is 30.5 Å². The van der Waals surface area contributed by atoms with Gasteiger partial charge in [0.1, 0.15) is 5.75 Å². The Morgan fingerprint density at radius 3 is 2.60 bits per heavy atom. The molecule has 140 valence electrons. The Balaban J connectivity index is 0.00000312. The Bertz CT molecular complexity index is 605. The molecule has 0 saturated heterocycles. The highest BCUT2D eigenvalue weighted by Crippen LogP contribution is 2.30. The number of carbonyl (C=O) groups excluding carboxylic acids is 2. The molecule has 7 heteroatoms. The van der Waals surface area contributed by atoms with E-state index in [2.05, 4.69) is 10.6 Å². The summed E-state index contributed by atoms with van der Waals surface area (Å²) in [6.07, 6.45) is 1.91. The normalized spacial score (nSPS) is 15.7. The number of ether oxygens (including phenoxy) is 1. The van der Waals surface area contributed by atoms with Crippen LogP contribution in [0.3, 0.4) is 0 Å². The van der Waals surface area contributed by atoms with Gasteiger partial charge in [0.15, 0.2) is 6.61 Å². The van der Waals surface area contributed by atoms with Gasteiger partial charge in [-0.25, -0.2) is 0 Å². The van der Waals surface area contributed by atoms with Gasteiger partial charge >= 0.3 is 0 Å². The Kier molecular flexibility index (Phi) is 7.70. The van der Waals surface area contributed by atoms with Crippen LogP contribution in [-0.2, 0) is 9.59 Å². The fraction of sp³-hybridized carbons (Fsp3) is 0.556. The maximum absolute atomic E-state index is 12.1. The number of hydrogen-bond donors (Lipinski definition) is 3. The van der Waals surface area contributed by atoms with Gasteiger partial charge in [-0.3, -0.25) is 9.59 Å². The predicted molar refractivity (Wildman–Crippen MR) is 101 cm³/mol. The van der Waals surface area contributed by atoms with Crippen LogP contribution in [0.4, 0.5) is 5.69 Å². The molecular weight excluding hydrogens is 342 g/mol. The molecule has 1 aromatic carbocycles.